The lowest BCUT2D eigenvalue weighted by Gasteiger charge is -2.21. The maximum absolute atomic E-state index is 12.8. The minimum Gasteiger partial charge on any atom is -0.465 e. The van der Waals surface area contributed by atoms with Gasteiger partial charge in [-0.1, -0.05) is 19.1 Å². The van der Waals surface area contributed by atoms with Crippen LogP contribution in [0.25, 0.3) is 0 Å². The van der Waals surface area contributed by atoms with Gasteiger partial charge < -0.3 is 4.74 Å². The summed E-state index contributed by atoms with van der Waals surface area (Å²) in [4.78, 5) is 11.7. The molecule has 0 aromatic heterocycles. The molecule has 4 heteroatoms. The number of carbonyl (C=O) groups excluding carboxylic acids is 1. The summed E-state index contributed by atoms with van der Waals surface area (Å²) in [5.41, 5.74) is 0.944. The Balaban J connectivity index is 2.64. The molecule has 100 valence electrons. The van der Waals surface area contributed by atoms with Gasteiger partial charge in [0.2, 0.25) is 0 Å². The molecule has 0 radical (unpaired) electrons. The Bertz CT molecular complexity index is 378. The Morgan fingerprint density at radius 1 is 1.33 bits per heavy atom. The van der Waals surface area contributed by atoms with Gasteiger partial charge in [-0.2, -0.15) is 0 Å². The largest absolute Gasteiger partial charge is 0.465 e. The van der Waals surface area contributed by atoms with Crippen molar-refractivity contribution in [1.29, 1.82) is 0 Å². The first kappa shape index (κ1) is 14.6. The van der Waals surface area contributed by atoms with Crippen molar-refractivity contribution in [2.45, 2.75) is 39.3 Å². The van der Waals surface area contributed by atoms with Crippen LogP contribution < -0.4 is 5.32 Å². The smallest absolute Gasteiger partial charge is 0.323 e. The van der Waals surface area contributed by atoms with Crippen molar-refractivity contribution in [3.8, 4) is 0 Å². The lowest BCUT2D eigenvalue weighted by atomic mass is 10.1. The Hall–Kier alpha value is -1.42. The highest BCUT2D eigenvalue weighted by Gasteiger charge is 2.20. The van der Waals surface area contributed by atoms with Crippen LogP contribution in [0.15, 0.2) is 24.3 Å². The molecule has 0 saturated carbocycles. The molecule has 3 nitrogen and oxygen atoms in total. The van der Waals surface area contributed by atoms with E-state index in [1.165, 1.54) is 12.1 Å². The van der Waals surface area contributed by atoms with E-state index >= 15 is 0 Å². The topological polar surface area (TPSA) is 38.3 Å². The van der Waals surface area contributed by atoms with Gasteiger partial charge in [-0.05, 0) is 38.0 Å². The van der Waals surface area contributed by atoms with Crippen molar-refractivity contribution in [2.75, 3.05) is 6.61 Å². The highest BCUT2D eigenvalue weighted by atomic mass is 19.1. The summed E-state index contributed by atoms with van der Waals surface area (Å²) in [5.74, 6) is -0.502. The number of hydrogen-bond acceptors (Lipinski definition) is 3. The van der Waals surface area contributed by atoms with E-state index < -0.39 is 0 Å². The molecular formula is C14H20FNO2. The molecule has 0 amide bonds. The van der Waals surface area contributed by atoms with Crippen LogP contribution in [-0.4, -0.2) is 18.6 Å². The molecule has 1 rings (SSSR count). The zero-order valence-electron chi connectivity index (χ0n) is 11.1. The molecule has 0 fully saturated rings. The van der Waals surface area contributed by atoms with Gasteiger partial charge in [0.05, 0.1) is 6.61 Å². The number of carbonyl (C=O) groups is 1. The lowest BCUT2D eigenvalue weighted by Crippen LogP contribution is -2.39. The third-order valence-corrected chi connectivity index (χ3v) is 2.80. The van der Waals surface area contributed by atoms with Gasteiger partial charge in [0.15, 0.2) is 0 Å². The van der Waals surface area contributed by atoms with Crippen molar-refractivity contribution in [1.82, 2.24) is 5.32 Å². The summed E-state index contributed by atoms with van der Waals surface area (Å²) >= 11 is 0. The van der Waals surface area contributed by atoms with Crippen LogP contribution in [0.1, 0.15) is 38.8 Å². The van der Waals surface area contributed by atoms with Gasteiger partial charge in [-0.15, -0.1) is 0 Å². The minimum atomic E-state index is -0.329. The van der Waals surface area contributed by atoms with E-state index in [2.05, 4.69) is 5.32 Å². The summed E-state index contributed by atoms with van der Waals surface area (Å²) in [6, 6.07) is 5.90. The van der Waals surface area contributed by atoms with Crippen LogP contribution in [0.4, 0.5) is 4.39 Å². The molecule has 0 heterocycles. The number of rotatable bonds is 6. The standard InChI is InChI=1S/C14H20FNO2/c1-4-13(14(17)18-5-2)16-10(3)11-6-8-12(15)9-7-11/h6-10,13,16H,4-5H2,1-3H3. The number of benzene rings is 1. The second-order valence-electron chi connectivity index (χ2n) is 4.15. The van der Waals surface area contributed by atoms with Gasteiger partial charge in [-0.3, -0.25) is 10.1 Å². The quantitative estimate of drug-likeness (QED) is 0.792. The van der Waals surface area contributed by atoms with Crippen LogP contribution >= 0.6 is 0 Å². The SMILES string of the molecule is CCOC(=O)C(CC)NC(C)c1ccc(F)cc1. The van der Waals surface area contributed by atoms with Crippen LogP contribution in [0, 0.1) is 5.82 Å². The predicted octanol–water partition coefficient (Wildman–Crippen LogP) is 2.82. The lowest BCUT2D eigenvalue weighted by molar-refractivity contribution is -0.146. The average molecular weight is 253 g/mol. The van der Waals surface area contributed by atoms with Crippen LogP contribution in [0.2, 0.25) is 0 Å². The van der Waals surface area contributed by atoms with Crippen molar-refractivity contribution in [2.24, 2.45) is 0 Å². The average Bonchev–Trinajstić information content (AvgIpc) is 2.36. The minimum absolute atomic E-state index is 0.0278. The third-order valence-electron chi connectivity index (χ3n) is 2.80. The van der Waals surface area contributed by atoms with Gasteiger partial charge >= 0.3 is 5.97 Å². The normalized spacial score (nSPS) is 14.0. The monoisotopic (exact) mass is 253 g/mol. The molecule has 18 heavy (non-hydrogen) atoms. The Morgan fingerprint density at radius 2 is 1.94 bits per heavy atom. The summed E-state index contributed by atoms with van der Waals surface area (Å²) in [6.45, 7) is 6.02. The number of hydrogen-bond donors (Lipinski definition) is 1. The van der Waals surface area contributed by atoms with Gasteiger partial charge in [0.1, 0.15) is 11.9 Å². The zero-order chi connectivity index (χ0) is 13.5. The Kier molecular flexibility index (Phi) is 5.78. The van der Waals surface area contributed by atoms with E-state index in [1.54, 1.807) is 19.1 Å². The van der Waals surface area contributed by atoms with Gasteiger partial charge in [-0.25, -0.2) is 4.39 Å². The van der Waals surface area contributed by atoms with Gasteiger partial charge in [0, 0.05) is 6.04 Å². The second-order valence-corrected chi connectivity index (χ2v) is 4.15. The second kappa shape index (κ2) is 7.11. The Labute approximate surface area is 107 Å². The van der Waals surface area contributed by atoms with Gasteiger partial charge in [0.25, 0.3) is 0 Å². The molecule has 1 aromatic rings. The third kappa shape index (κ3) is 4.11. The number of halogens is 1. The van der Waals surface area contributed by atoms with Crippen LogP contribution in [0.3, 0.4) is 0 Å². The molecule has 0 aliphatic rings. The van der Waals surface area contributed by atoms with Crippen molar-refractivity contribution in [3.63, 3.8) is 0 Å². The fourth-order valence-corrected chi connectivity index (χ4v) is 1.74. The first-order chi connectivity index (χ1) is 8.58. The first-order valence-electron chi connectivity index (χ1n) is 6.26. The predicted molar refractivity (Wildman–Crippen MR) is 68.7 cm³/mol. The van der Waals surface area contributed by atoms with Crippen molar-refractivity contribution >= 4 is 5.97 Å². The first-order valence-corrected chi connectivity index (χ1v) is 6.26. The van der Waals surface area contributed by atoms with E-state index in [1.807, 2.05) is 13.8 Å². The highest BCUT2D eigenvalue weighted by Crippen LogP contribution is 2.14. The zero-order valence-corrected chi connectivity index (χ0v) is 11.1. The molecule has 2 atom stereocenters. The fraction of sp³-hybridized carbons (Fsp3) is 0.500. The maximum Gasteiger partial charge on any atom is 0.323 e. The molecule has 0 aliphatic carbocycles. The van der Waals surface area contributed by atoms with Crippen LogP contribution in [-0.2, 0) is 9.53 Å². The van der Waals surface area contributed by atoms with Crippen molar-refractivity contribution < 1.29 is 13.9 Å². The Morgan fingerprint density at radius 3 is 2.44 bits per heavy atom. The summed E-state index contributed by atoms with van der Waals surface area (Å²) in [6.07, 6.45) is 0.657. The number of nitrogens with one attached hydrogen (secondary N) is 1. The molecule has 0 saturated heterocycles. The maximum atomic E-state index is 12.8. The molecule has 1 N–H and O–H groups in total. The molecular weight excluding hydrogens is 233 g/mol. The summed E-state index contributed by atoms with van der Waals surface area (Å²) in [7, 11) is 0. The van der Waals surface area contributed by atoms with E-state index in [4.69, 9.17) is 4.74 Å². The molecule has 1 aromatic carbocycles. The van der Waals surface area contributed by atoms with Crippen LogP contribution in [0.5, 0.6) is 0 Å². The summed E-state index contributed by atoms with van der Waals surface area (Å²) in [5, 5.41) is 3.19. The summed E-state index contributed by atoms with van der Waals surface area (Å²) < 4.78 is 17.8. The number of esters is 1. The molecule has 0 bridgehead atoms. The van der Waals surface area contributed by atoms with E-state index in [0.29, 0.717) is 13.0 Å². The van der Waals surface area contributed by atoms with E-state index in [9.17, 15) is 9.18 Å². The van der Waals surface area contributed by atoms with E-state index in [0.717, 1.165) is 5.56 Å². The molecule has 0 aliphatic heterocycles. The molecule has 2 unspecified atom stereocenters. The van der Waals surface area contributed by atoms with Crippen molar-refractivity contribution in [3.05, 3.63) is 35.6 Å². The van der Waals surface area contributed by atoms with E-state index in [-0.39, 0.29) is 23.9 Å². The fourth-order valence-electron chi connectivity index (χ4n) is 1.74. The molecule has 0 spiro atoms. The number of ether oxygens (including phenoxy) is 1. The highest BCUT2D eigenvalue weighted by molar-refractivity contribution is 5.75.